The molecule has 1 N–H and O–H groups in total. The predicted molar refractivity (Wildman–Crippen MR) is 154 cm³/mol. The van der Waals surface area contributed by atoms with Crippen molar-refractivity contribution in [2.45, 2.75) is 64.9 Å². The number of halogens is 1. The van der Waals surface area contributed by atoms with Crippen LogP contribution in [0.25, 0.3) is 20.6 Å². The van der Waals surface area contributed by atoms with Crippen LogP contribution in [0.15, 0.2) is 31.9 Å². The Morgan fingerprint density at radius 2 is 1.98 bits per heavy atom. The fourth-order valence-corrected chi connectivity index (χ4v) is 8.57. The van der Waals surface area contributed by atoms with Gasteiger partial charge in [-0.1, -0.05) is 0 Å². The van der Waals surface area contributed by atoms with Crippen molar-refractivity contribution < 1.29 is 28.3 Å². The summed E-state index contributed by atoms with van der Waals surface area (Å²) < 4.78 is 20.0. The maximum atomic E-state index is 12.8. The van der Waals surface area contributed by atoms with Gasteiger partial charge in [0.2, 0.25) is 0 Å². The first kappa shape index (κ1) is 29.3. The van der Waals surface area contributed by atoms with E-state index in [2.05, 4.69) is 26.3 Å². The molecule has 1 unspecified atom stereocenters. The normalized spacial score (nSPS) is 19.1. The number of nitrogens with zero attached hydrogens (tertiary/aromatic N) is 2. The molecule has 0 radical (unpaired) electrons. The van der Waals surface area contributed by atoms with Crippen LogP contribution >= 0.6 is 15.9 Å². The molecule has 2 aliphatic rings. The van der Waals surface area contributed by atoms with E-state index in [1.807, 2.05) is 32.9 Å². The first-order valence-electron chi connectivity index (χ1n) is 13.5. The van der Waals surface area contributed by atoms with Gasteiger partial charge in [-0.15, -0.1) is 0 Å². The summed E-state index contributed by atoms with van der Waals surface area (Å²) in [7, 11) is 0. The number of nitrogens with one attached hydrogen (secondary N) is 1. The van der Waals surface area contributed by atoms with Crippen molar-refractivity contribution in [2.24, 2.45) is 0 Å². The molecule has 216 valence electrons. The maximum absolute atomic E-state index is 12.8. The van der Waals surface area contributed by atoms with Crippen molar-refractivity contribution in [3.8, 4) is 0 Å². The molecular formula is C28H34BrN3O7Se. The van der Waals surface area contributed by atoms with E-state index >= 15 is 0 Å². The second-order valence-corrected chi connectivity index (χ2v) is 14.2. The number of hydrogen-bond acceptors (Lipinski definition) is 8. The van der Waals surface area contributed by atoms with Crippen LogP contribution in [-0.2, 0) is 20.9 Å². The van der Waals surface area contributed by atoms with E-state index in [1.165, 1.54) is 4.44 Å². The quantitative estimate of drug-likeness (QED) is 0.240. The van der Waals surface area contributed by atoms with Crippen LogP contribution in [0.1, 0.15) is 61.2 Å². The Kier molecular flexibility index (Phi) is 9.04. The monoisotopic (exact) mass is 683 g/mol. The van der Waals surface area contributed by atoms with Gasteiger partial charge in [-0.05, 0) is 0 Å². The third kappa shape index (κ3) is 6.80. The number of fused-ring (bicyclic) bond motifs is 3. The van der Waals surface area contributed by atoms with Crippen molar-refractivity contribution in [3.05, 3.63) is 43.1 Å². The second kappa shape index (κ2) is 12.3. The van der Waals surface area contributed by atoms with Gasteiger partial charge in [-0.2, -0.15) is 0 Å². The minimum atomic E-state index is -0.707. The van der Waals surface area contributed by atoms with Crippen molar-refractivity contribution in [2.75, 3.05) is 32.8 Å². The molecule has 12 heteroatoms. The van der Waals surface area contributed by atoms with Gasteiger partial charge in [0.05, 0.1) is 0 Å². The third-order valence-corrected chi connectivity index (χ3v) is 10.8. The van der Waals surface area contributed by atoms with Crippen LogP contribution in [-0.4, -0.2) is 81.0 Å². The molecule has 1 aromatic carbocycles. The van der Waals surface area contributed by atoms with E-state index in [9.17, 15) is 14.4 Å². The molecule has 0 saturated carbocycles. The van der Waals surface area contributed by atoms with Gasteiger partial charge in [-0.3, -0.25) is 0 Å². The fraction of sp³-hybridized carbons (Fsp3) is 0.536. The van der Waals surface area contributed by atoms with Crippen molar-refractivity contribution in [1.82, 2.24) is 15.3 Å². The zero-order valence-electron chi connectivity index (χ0n) is 22.9. The van der Waals surface area contributed by atoms with Crippen LogP contribution in [0.5, 0.6) is 0 Å². The number of hydrogen-bond donors (Lipinski definition) is 1. The molecule has 2 aliphatic heterocycles. The second-order valence-electron chi connectivity index (χ2n) is 11.1. The molecule has 0 aliphatic carbocycles. The Hall–Kier alpha value is -2.21. The molecule has 4 heterocycles. The van der Waals surface area contributed by atoms with Gasteiger partial charge in [0.1, 0.15) is 0 Å². The van der Waals surface area contributed by atoms with Crippen molar-refractivity contribution in [3.63, 3.8) is 0 Å². The standard InChI is InChI=1S/C28H34BrN3O7Se/c1-28(2,3)38-27(35)32-11-6-10-31(12-13-32)16-20-22(29)18-9-8-17-15-19(26(34)37-23(17)24(18)40-20)25(33)30-39-21-7-4-5-14-36-21/h8-9,15,21H,4-7,10-14,16H2,1-3H3,(H,30,33). The predicted octanol–water partition coefficient (Wildman–Crippen LogP) is 4.40. The number of benzene rings is 1. The first-order chi connectivity index (χ1) is 19.1. The molecule has 2 amide bonds. The van der Waals surface area contributed by atoms with Crippen LogP contribution in [0, 0.1) is 0 Å². The van der Waals surface area contributed by atoms with Crippen LogP contribution in [0.3, 0.4) is 0 Å². The number of amides is 2. The molecule has 2 aromatic heterocycles. The third-order valence-electron chi connectivity index (χ3n) is 6.84. The summed E-state index contributed by atoms with van der Waals surface area (Å²) in [5.41, 5.74) is 1.51. The zero-order chi connectivity index (χ0) is 28.4. The van der Waals surface area contributed by atoms with Crippen LogP contribution < -0.4 is 11.1 Å². The van der Waals surface area contributed by atoms with Gasteiger partial charge >= 0.3 is 247 Å². The van der Waals surface area contributed by atoms with E-state index in [4.69, 9.17) is 18.7 Å². The molecule has 40 heavy (non-hydrogen) atoms. The van der Waals surface area contributed by atoms with E-state index in [0.29, 0.717) is 37.1 Å². The van der Waals surface area contributed by atoms with E-state index in [0.717, 1.165) is 53.0 Å². The SMILES string of the molecule is CC(C)(C)OC(=O)N1CCCN(Cc2[se]c3c(ccc4cc(C(=O)NOC5CCCCO5)c(=O)oc43)c2Br)CC1. The topological polar surface area (TPSA) is 111 Å². The van der Waals surface area contributed by atoms with Gasteiger partial charge in [-0.25, -0.2) is 0 Å². The first-order valence-corrected chi connectivity index (χ1v) is 16.1. The number of carbonyl (C=O) groups is 2. The summed E-state index contributed by atoms with van der Waals surface area (Å²) in [6.45, 7) is 9.87. The van der Waals surface area contributed by atoms with E-state index in [1.54, 1.807) is 11.0 Å². The number of rotatable bonds is 5. The number of hydroxylamine groups is 1. The molecule has 0 spiro atoms. The minimum absolute atomic E-state index is 0.0774. The average molecular weight is 683 g/mol. The fourth-order valence-electron chi connectivity index (χ4n) is 4.83. The Morgan fingerprint density at radius 1 is 1.15 bits per heavy atom. The summed E-state index contributed by atoms with van der Waals surface area (Å²) in [4.78, 5) is 47.5. The summed E-state index contributed by atoms with van der Waals surface area (Å²) in [6.07, 6.45) is 2.69. The molecule has 1 atom stereocenters. The summed E-state index contributed by atoms with van der Waals surface area (Å²) in [5, 5.41) is 1.69. The zero-order valence-corrected chi connectivity index (χ0v) is 26.2. The van der Waals surface area contributed by atoms with Gasteiger partial charge < -0.3 is 0 Å². The number of carbonyl (C=O) groups excluding carboxylic acids is 2. The van der Waals surface area contributed by atoms with Gasteiger partial charge in [0, 0.05) is 0 Å². The molecule has 3 aromatic rings. The summed E-state index contributed by atoms with van der Waals surface area (Å²) in [5.74, 6) is -0.655. The molecule has 10 nitrogen and oxygen atoms in total. The Bertz CT molecular complexity index is 1460. The Balaban J connectivity index is 1.31. The summed E-state index contributed by atoms with van der Waals surface area (Å²) >= 11 is 3.71. The van der Waals surface area contributed by atoms with Gasteiger partial charge in [0.25, 0.3) is 0 Å². The van der Waals surface area contributed by atoms with Crippen molar-refractivity contribution >= 4 is 63.0 Å². The van der Waals surface area contributed by atoms with Crippen molar-refractivity contribution in [1.29, 1.82) is 0 Å². The molecule has 2 saturated heterocycles. The van der Waals surface area contributed by atoms with E-state index in [-0.39, 0.29) is 26.2 Å². The Labute approximate surface area is 246 Å². The molecule has 0 bridgehead atoms. The van der Waals surface area contributed by atoms with Gasteiger partial charge in [0.15, 0.2) is 0 Å². The van der Waals surface area contributed by atoms with Crippen LogP contribution in [0.4, 0.5) is 4.79 Å². The molecule has 2 fully saturated rings. The van der Waals surface area contributed by atoms with Crippen LogP contribution in [0.2, 0.25) is 0 Å². The summed E-state index contributed by atoms with van der Waals surface area (Å²) in [6, 6.07) is 5.42. The average Bonchev–Trinajstić information content (AvgIpc) is 3.07. The van der Waals surface area contributed by atoms with E-state index < -0.39 is 23.4 Å². The molecular weight excluding hydrogens is 649 g/mol. The number of ether oxygens (including phenoxy) is 2. The Morgan fingerprint density at radius 3 is 2.73 bits per heavy atom. The molecule has 5 rings (SSSR count).